The van der Waals surface area contributed by atoms with Gasteiger partial charge in [0.1, 0.15) is 11.8 Å². The Morgan fingerprint density at radius 2 is 2.00 bits per heavy atom. The van der Waals surface area contributed by atoms with Gasteiger partial charge in [0.25, 0.3) is 0 Å². The van der Waals surface area contributed by atoms with Gasteiger partial charge in [-0.15, -0.1) is 11.3 Å². The van der Waals surface area contributed by atoms with Crippen molar-refractivity contribution in [2.75, 3.05) is 0 Å². The molecule has 0 N–H and O–H groups in total. The number of thiophene rings is 1. The zero-order chi connectivity index (χ0) is 14.8. The lowest BCUT2D eigenvalue weighted by atomic mass is 10.2. The molecule has 2 heterocycles. The number of pyridine rings is 1. The van der Waals surface area contributed by atoms with Crippen molar-refractivity contribution in [1.29, 1.82) is 0 Å². The third-order valence-electron chi connectivity index (χ3n) is 2.91. The van der Waals surface area contributed by atoms with Gasteiger partial charge in [-0.3, -0.25) is 0 Å². The van der Waals surface area contributed by atoms with E-state index in [1.165, 1.54) is 17.5 Å². The molecule has 0 saturated heterocycles. The zero-order valence-corrected chi connectivity index (χ0v) is 13.0. The molecule has 3 rings (SSSR count). The molecule has 21 heavy (non-hydrogen) atoms. The number of fused-ring (bicyclic) bond motifs is 1. The van der Waals surface area contributed by atoms with Gasteiger partial charge in [0.05, 0.1) is 15.5 Å². The smallest absolute Gasteiger partial charge is 0.341 e. The molecule has 0 radical (unpaired) electrons. The standard InChI is InChI=1S/C15H9Cl2NO2S/c16-13-9-4-1-2-6-11(9)21-12(13)8-20-15(19)10-5-3-7-18-14(10)17/h1-7H,8H2. The third-order valence-corrected chi connectivity index (χ3v) is 4.90. The average Bonchev–Trinajstić information content (AvgIpc) is 2.82. The number of hydrogen-bond donors (Lipinski definition) is 0. The van der Waals surface area contributed by atoms with Gasteiger partial charge in [0, 0.05) is 16.3 Å². The van der Waals surface area contributed by atoms with Crippen molar-refractivity contribution in [2.45, 2.75) is 6.61 Å². The first-order valence-electron chi connectivity index (χ1n) is 6.10. The summed E-state index contributed by atoms with van der Waals surface area (Å²) in [6, 6.07) is 11.0. The van der Waals surface area contributed by atoms with Crippen LogP contribution in [0.4, 0.5) is 0 Å². The second-order valence-electron chi connectivity index (χ2n) is 4.25. The van der Waals surface area contributed by atoms with E-state index in [1.54, 1.807) is 12.1 Å². The van der Waals surface area contributed by atoms with Gasteiger partial charge in [0.15, 0.2) is 0 Å². The number of benzene rings is 1. The van der Waals surface area contributed by atoms with E-state index in [0.29, 0.717) is 5.02 Å². The summed E-state index contributed by atoms with van der Waals surface area (Å²) in [5.74, 6) is -0.512. The number of hydrogen-bond acceptors (Lipinski definition) is 4. The van der Waals surface area contributed by atoms with Gasteiger partial charge in [-0.05, 0) is 18.2 Å². The molecule has 0 spiro atoms. The van der Waals surface area contributed by atoms with Crippen LogP contribution in [0.15, 0.2) is 42.6 Å². The van der Waals surface area contributed by atoms with Crippen LogP contribution < -0.4 is 0 Å². The van der Waals surface area contributed by atoms with E-state index in [4.69, 9.17) is 27.9 Å². The molecule has 6 heteroatoms. The van der Waals surface area contributed by atoms with Crippen LogP contribution in [0.25, 0.3) is 10.1 Å². The molecule has 1 aromatic carbocycles. The maximum atomic E-state index is 12.0. The molecule has 0 aliphatic carbocycles. The number of nitrogens with zero attached hydrogens (tertiary/aromatic N) is 1. The lowest BCUT2D eigenvalue weighted by Crippen LogP contribution is -2.06. The van der Waals surface area contributed by atoms with E-state index in [1.807, 2.05) is 24.3 Å². The van der Waals surface area contributed by atoms with E-state index >= 15 is 0 Å². The van der Waals surface area contributed by atoms with Crippen LogP contribution in [0.5, 0.6) is 0 Å². The van der Waals surface area contributed by atoms with Crippen molar-refractivity contribution in [2.24, 2.45) is 0 Å². The lowest BCUT2D eigenvalue weighted by molar-refractivity contribution is 0.0477. The summed E-state index contributed by atoms with van der Waals surface area (Å²) in [5.41, 5.74) is 0.247. The SMILES string of the molecule is O=C(OCc1sc2ccccc2c1Cl)c1cccnc1Cl. The molecule has 0 unspecified atom stereocenters. The van der Waals surface area contributed by atoms with Crippen molar-refractivity contribution >= 4 is 50.6 Å². The van der Waals surface area contributed by atoms with Gasteiger partial charge < -0.3 is 4.74 Å². The number of ether oxygens (including phenoxy) is 1. The summed E-state index contributed by atoms with van der Waals surface area (Å²) in [6.45, 7) is 0.113. The van der Waals surface area contributed by atoms with Crippen LogP contribution in [0, 0.1) is 0 Å². The molecular formula is C15H9Cl2NO2S. The first kappa shape index (κ1) is 14.3. The van der Waals surface area contributed by atoms with Crippen molar-refractivity contribution < 1.29 is 9.53 Å². The van der Waals surface area contributed by atoms with Crippen LogP contribution in [0.3, 0.4) is 0 Å². The molecule has 106 valence electrons. The molecule has 3 nitrogen and oxygen atoms in total. The second kappa shape index (κ2) is 6.02. The summed E-state index contributed by atoms with van der Waals surface area (Å²) in [4.78, 5) is 16.6. The van der Waals surface area contributed by atoms with E-state index in [9.17, 15) is 4.79 Å². The fraction of sp³-hybridized carbons (Fsp3) is 0.0667. The second-order valence-corrected chi connectivity index (χ2v) is 6.13. The normalized spacial score (nSPS) is 10.8. The number of aromatic nitrogens is 1. The minimum absolute atomic E-state index is 0.113. The topological polar surface area (TPSA) is 39.2 Å². The molecule has 2 aromatic heterocycles. The van der Waals surface area contributed by atoms with E-state index in [0.717, 1.165) is 15.0 Å². The molecule has 0 atom stereocenters. The number of carbonyl (C=O) groups excluding carboxylic acids is 1. The number of rotatable bonds is 3. The van der Waals surface area contributed by atoms with E-state index in [2.05, 4.69) is 4.98 Å². The van der Waals surface area contributed by atoms with Crippen molar-refractivity contribution in [1.82, 2.24) is 4.98 Å². The highest BCUT2D eigenvalue weighted by Gasteiger charge is 2.15. The first-order chi connectivity index (χ1) is 10.2. The Bertz CT molecular complexity index is 816. The predicted octanol–water partition coefficient (Wildman–Crippen LogP) is 4.96. The number of halogens is 2. The summed E-state index contributed by atoms with van der Waals surface area (Å²) in [5, 5.41) is 1.72. The van der Waals surface area contributed by atoms with Gasteiger partial charge in [-0.25, -0.2) is 9.78 Å². The van der Waals surface area contributed by atoms with Crippen LogP contribution in [0.1, 0.15) is 15.2 Å². The predicted molar refractivity (Wildman–Crippen MR) is 85.2 cm³/mol. The van der Waals surface area contributed by atoms with Gasteiger partial charge >= 0.3 is 5.97 Å². The number of esters is 1. The molecule has 0 saturated carbocycles. The Balaban J connectivity index is 1.79. The fourth-order valence-corrected chi connectivity index (χ4v) is 3.50. The van der Waals surface area contributed by atoms with Gasteiger partial charge in [-0.1, -0.05) is 41.4 Å². The van der Waals surface area contributed by atoms with Crippen LogP contribution in [-0.4, -0.2) is 11.0 Å². The highest BCUT2D eigenvalue weighted by atomic mass is 35.5. The Morgan fingerprint density at radius 3 is 2.76 bits per heavy atom. The molecule has 0 aliphatic heterocycles. The molecule has 0 fully saturated rings. The molecule has 0 amide bonds. The Labute approximate surface area is 135 Å². The highest BCUT2D eigenvalue weighted by molar-refractivity contribution is 7.19. The fourth-order valence-electron chi connectivity index (χ4n) is 1.90. The first-order valence-corrected chi connectivity index (χ1v) is 7.67. The Hall–Kier alpha value is -1.62. The molecule has 3 aromatic rings. The monoisotopic (exact) mass is 337 g/mol. The maximum Gasteiger partial charge on any atom is 0.341 e. The Kier molecular flexibility index (Phi) is 4.10. The third kappa shape index (κ3) is 2.88. The summed E-state index contributed by atoms with van der Waals surface area (Å²) in [6.07, 6.45) is 1.52. The maximum absolute atomic E-state index is 12.0. The highest BCUT2D eigenvalue weighted by Crippen LogP contribution is 2.35. The quantitative estimate of drug-likeness (QED) is 0.500. The van der Waals surface area contributed by atoms with Crippen molar-refractivity contribution in [3.8, 4) is 0 Å². The Morgan fingerprint density at radius 1 is 1.19 bits per heavy atom. The largest absolute Gasteiger partial charge is 0.456 e. The van der Waals surface area contributed by atoms with Crippen molar-refractivity contribution in [3.05, 3.63) is 63.2 Å². The van der Waals surface area contributed by atoms with Crippen LogP contribution in [0.2, 0.25) is 10.2 Å². The van der Waals surface area contributed by atoms with Crippen LogP contribution >= 0.6 is 34.5 Å². The van der Waals surface area contributed by atoms with Gasteiger partial charge in [-0.2, -0.15) is 0 Å². The average molecular weight is 338 g/mol. The molecule has 0 bridgehead atoms. The minimum atomic E-state index is -0.512. The van der Waals surface area contributed by atoms with E-state index < -0.39 is 5.97 Å². The summed E-state index contributed by atoms with van der Waals surface area (Å²) in [7, 11) is 0. The minimum Gasteiger partial charge on any atom is -0.456 e. The molecular weight excluding hydrogens is 329 g/mol. The molecule has 0 aliphatic rings. The lowest BCUT2D eigenvalue weighted by Gasteiger charge is -2.04. The van der Waals surface area contributed by atoms with Crippen LogP contribution in [-0.2, 0) is 11.3 Å². The van der Waals surface area contributed by atoms with Gasteiger partial charge in [0.2, 0.25) is 0 Å². The summed E-state index contributed by atoms with van der Waals surface area (Å²) >= 11 is 13.7. The zero-order valence-electron chi connectivity index (χ0n) is 10.7. The number of carbonyl (C=O) groups is 1. The van der Waals surface area contributed by atoms with Crippen molar-refractivity contribution in [3.63, 3.8) is 0 Å². The van der Waals surface area contributed by atoms with E-state index in [-0.39, 0.29) is 17.3 Å². The summed E-state index contributed by atoms with van der Waals surface area (Å²) < 4.78 is 6.33.